The molecule has 0 aromatic carbocycles. The largest absolute Gasteiger partial charge is 0.481 e. The molecule has 0 aliphatic rings. The molecule has 0 radical (unpaired) electrons. The quantitative estimate of drug-likeness (QED) is 0.573. The zero-order chi connectivity index (χ0) is 9.40. The number of carbonyl (C=O) groups excluding carboxylic acids is 1. The summed E-state index contributed by atoms with van der Waals surface area (Å²) in [5.74, 6) is -1.03. The standard InChI is InChI=1S/C8H13NO3/c1-2-3-4-7(10)9-6-5-8(11)12/h2H,1,3-6H2,(H,9,10)(H,11,12). The van der Waals surface area contributed by atoms with Gasteiger partial charge in [0, 0.05) is 13.0 Å². The second kappa shape index (κ2) is 6.39. The number of allylic oxidation sites excluding steroid dienone is 1. The van der Waals surface area contributed by atoms with Crippen LogP contribution in [0.2, 0.25) is 0 Å². The predicted octanol–water partition coefficient (Wildman–Crippen LogP) is 0.544. The van der Waals surface area contributed by atoms with E-state index in [2.05, 4.69) is 11.9 Å². The Morgan fingerprint density at radius 1 is 1.42 bits per heavy atom. The lowest BCUT2D eigenvalue weighted by Gasteiger charge is -2.00. The van der Waals surface area contributed by atoms with Crippen LogP contribution >= 0.6 is 0 Å². The van der Waals surface area contributed by atoms with Gasteiger partial charge in [-0.05, 0) is 6.42 Å². The van der Waals surface area contributed by atoms with Crippen molar-refractivity contribution in [3.8, 4) is 0 Å². The fourth-order valence-electron chi connectivity index (χ4n) is 0.630. The molecule has 4 nitrogen and oxygen atoms in total. The highest BCUT2D eigenvalue weighted by Gasteiger charge is 2.00. The molecule has 0 unspecified atom stereocenters. The number of amides is 1. The third-order valence-electron chi connectivity index (χ3n) is 1.24. The summed E-state index contributed by atoms with van der Waals surface area (Å²) in [5.41, 5.74) is 0. The summed E-state index contributed by atoms with van der Waals surface area (Å²) < 4.78 is 0. The van der Waals surface area contributed by atoms with Crippen LogP contribution in [0.5, 0.6) is 0 Å². The zero-order valence-electron chi connectivity index (χ0n) is 6.88. The molecule has 0 spiro atoms. The first kappa shape index (κ1) is 10.7. The highest BCUT2D eigenvalue weighted by atomic mass is 16.4. The van der Waals surface area contributed by atoms with Gasteiger partial charge in [0.2, 0.25) is 5.91 Å². The van der Waals surface area contributed by atoms with Gasteiger partial charge in [0.25, 0.3) is 0 Å². The number of carbonyl (C=O) groups is 2. The molecule has 1 amide bonds. The summed E-state index contributed by atoms with van der Waals surface area (Å²) >= 11 is 0. The van der Waals surface area contributed by atoms with E-state index in [-0.39, 0.29) is 18.9 Å². The van der Waals surface area contributed by atoms with Crippen LogP contribution in [0.1, 0.15) is 19.3 Å². The number of nitrogens with one attached hydrogen (secondary N) is 1. The predicted molar refractivity (Wildman–Crippen MR) is 44.7 cm³/mol. The Morgan fingerprint density at radius 3 is 2.58 bits per heavy atom. The summed E-state index contributed by atoms with van der Waals surface area (Å²) in [6.07, 6.45) is 2.62. The van der Waals surface area contributed by atoms with E-state index in [0.717, 1.165) is 0 Å². The van der Waals surface area contributed by atoms with Crippen LogP contribution in [0.4, 0.5) is 0 Å². The summed E-state index contributed by atoms with van der Waals surface area (Å²) in [6, 6.07) is 0. The van der Waals surface area contributed by atoms with E-state index in [1.54, 1.807) is 6.08 Å². The number of aliphatic carboxylic acids is 1. The first-order valence-electron chi connectivity index (χ1n) is 3.76. The average molecular weight is 171 g/mol. The molecular weight excluding hydrogens is 158 g/mol. The highest BCUT2D eigenvalue weighted by molar-refractivity contribution is 5.76. The Hall–Kier alpha value is -1.32. The molecule has 0 aromatic heterocycles. The third kappa shape index (κ3) is 6.80. The Kier molecular flexibility index (Phi) is 5.69. The molecule has 0 saturated carbocycles. The molecule has 68 valence electrons. The minimum absolute atomic E-state index is 0.0279. The first-order valence-corrected chi connectivity index (χ1v) is 3.76. The monoisotopic (exact) mass is 171 g/mol. The zero-order valence-corrected chi connectivity index (χ0v) is 6.88. The lowest BCUT2D eigenvalue weighted by atomic mass is 10.3. The molecular formula is C8H13NO3. The molecule has 0 heterocycles. The normalized spacial score (nSPS) is 9.00. The van der Waals surface area contributed by atoms with Gasteiger partial charge in [-0.2, -0.15) is 0 Å². The number of carboxylic acids is 1. The fourth-order valence-corrected chi connectivity index (χ4v) is 0.630. The lowest BCUT2D eigenvalue weighted by Crippen LogP contribution is -2.25. The maximum absolute atomic E-state index is 10.8. The van der Waals surface area contributed by atoms with Crippen LogP contribution in [0.3, 0.4) is 0 Å². The third-order valence-corrected chi connectivity index (χ3v) is 1.24. The van der Waals surface area contributed by atoms with Crippen molar-refractivity contribution in [2.75, 3.05) is 6.54 Å². The number of rotatable bonds is 6. The van der Waals surface area contributed by atoms with Gasteiger partial charge >= 0.3 is 5.97 Å². The van der Waals surface area contributed by atoms with Crippen LogP contribution in [-0.2, 0) is 9.59 Å². The van der Waals surface area contributed by atoms with E-state index < -0.39 is 5.97 Å². The van der Waals surface area contributed by atoms with Crippen molar-refractivity contribution in [1.29, 1.82) is 0 Å². The fraction of sp³-hybridized carbons (Fsp3) is 0.500. The van der Waals surface area contributed by atoms with Gasteiger partial charge in [-0.15, -0.1) is 6.58 Å². The number of hydrogen-bond acceptors (Lipinski definition) is 2. The van der Waals surface area contributed by atoms with Gasteiger partial charge in [0.15, 0.2) is 0 Å². The molecule has 0 aliphatic carbocycles. The molecule has 12 heavy (non-hydrogen) atoms. The van der Waals surface area contributed by atoms with Crippen molar-refractivity contribution in [3.05, 3.63) is 12.7 Å². The summed E-state index contributed by atoms with van der Waals surface area (Å²) in [7, 11) is 0. The van der Waals surface area contributed by atoms with Gasteiger partial charge in [-0.1, -0.05) is 6.08 Å². The Bertz CT molecular complexity index is 177. The number of carboxylic acid groups (broad SMARTS) is 1. The maximum atomic E-state index is 10.8. The molecule has 4 heteroatoms. The van der Waals surface area contributed by atoms with Crippen LogP contribution in [0.25, 0.3) is 0 Å². The molecule has 0 aliphatic heterocycles. The molecule has 0 atom stereocenters. The second-order valence-corrected chi connectivity index (χ2v) is 2.32. The summed E-state index contributed by atoms with van der Waals surface area (Å²) in [4.78, 5) is 20.9. The lowest BCUT2D eigenvalue weighted by molar-refractivity contribution is -0.136. The summed E-state index contributed by atoms with van der Waals surface area (Å²) in [5, 5.41) is 10.7. The van der Waals surface area contributed by atoms with E-state index in [0.29, 0.717) is 12.8 Å². The topological polar surface area (TPSA) is 66.4 Å². The minimum atomic E-state index is -0.904. The van der Waals surface area contributed by atoms with Crippen molar-refractivity contribution < 1.29 is 14.7 Å². The van der Waals surface area contributed by atoms with Gasteiger partial charge in [0.05, 0.1) is 6.42 Å². The van der Waals surface area contributed by atoms with Gasteiger partial charge in [-0.25, -0.2) is 0 Å². The Balaban J connectivity index is 3.31. The van der Waals surface area contributed by atoms with Crippen LogP contribution in [-0.4, -0.2) is 23.5 Å². The van der Waals surface area contributed by atoms with Crippen molar-refractivity contribution >= 4 is 11.9 Å². The Morgan fingerprint density at radius 2 is 2.08 bits per heavy atom. The molecule has 0 aromatic rings. The van der Waals surface area contributed by atoms with Gasteiger partial charge < -0.3 is 10.4 Å². The molecule has 0 rings (SSSR count). The van der Waals surface area contributed by atoms with Crippen molar-refractivity contribution in [2.24, 2.45) is 0 Å². The summed E-state index contributed by atoms with van der Waals surface area (Å²) in [6.45, 7) is 3.67. The van der Waals surface area contributed by atoms with Crippen molar-refractivity contribution in [3.63, 3.8) is 0 Å². The van der Waals surface area contributed by atoms with E-state index in [9.17, 15) is 9.59 Å². The maximum Gasteiger partial charge on any atom is 0.305 e. The van der Waals surface area contributed by atoms with E-state index in [1.165, 1.54) is 0 Å². The Labute approximate surface area is 71.3 Å². The van der Waals surface area contributed by atoms with Crippen LogP contribution < -0.4 is 5.32 Å². The van der Waals surface area contributed by atoms with Crippen LogP contribution in [0, 0.1) is 0 Å². The SMILES string of the molecule is C=CCCC(=O)NCCC(=O)O. The molecule has 2 N–H and O–H groups in total. The molecule has 0 bridgehead atoms. The molecule has 0 saturated heterocycles. The van der Waals surface area contributed by atoms with Gasteiger partial charge in [-0.3, -0.25) is 9.59 Å². The van der Waals surface area contributed by atoms with Crippen molar-refractivity contribution in [1.82, 2.24) is 5.32 Å². The van der Waals surface area contributed by atoms with E-state index >= 15 is 0 Å². The smallest absolute Gasteiger partial charge is 0.305 e. The molecule has 0 fully saturated rings. The average Bonchev–Trinajstić information content (AvgIpc) is 2.00. The second-order valence-electron chi connectivity index (χ2n) is 2.32. The number of hydrogen-bond donors (Lipinski definition) is 2. The van der Waals surface area contributed by atoms with Crippen molar-refractivity contribution in [2.45, 2.75) is 19.3 Å². The minimum Gasteiger partial charge on any atom is -0.481 e. The first-order chi connectivity index (χ1) is 5.66. The van der Waals surface area contributed by atoms with E-state index in [1.807, 2.05) is 0 Å². The van der Waals surface area contributed by atoms with E-state index in [4.69, 9.17) is 5.11 Å². The highest BCUT2D eigenvalue weighted by Crippen LogP contribution is 1.88. The van der Waals surface area contributed by atoms with Gasteiger partial charge in [0.1, 0.15) is 0 Å². The van der Waals surface area contributed by atoms with Crippen LogP contribution in [0.15, 0.2) is 12.7 Å².